The van der Waals surface area contributed by atoms with Crippen molar-refractivity contribution in [3.63, 3.8) is 0 Å². The first kappa shape index (κ1) is 14.9. The van der Waals surface area contributed by atoms with Crippen LogP contribution in [-0.4, -0.2) is 34.1 Å². The largest absolute Gasteiger partial charge is 0.486 e. The van der Waals surface area contributed by atoms with E-state index in [1.807, 2.05) is 6.92 Å². The Labute approximate surface area is 130 Å². The highest BCUT2D eigenvalue weighted by atomic mass is 35.5. The number of rotatable bonds is 4. The maximum atomic E-state index is 12.3. The molecule has 0 aromatic carbocycles. The molecule has 2 saturated heterocycles. The maximum Gasteiger partial charge on any atom is 0.228 e. The lowest BCUT2D eigenvalue weighted by atomic mass is 9.63. The van der Waals surface area contributed by atoms with Gasteiger partial charge in [0, 0.05) is 11.8 Å². The fourth-order valence-electron chi connectivity index (χ4n) is 4.19. The molecule has 116 valence electrons. The number of amides is 1. The predicted octanol–water partition coefficient (Wildman–Crippen LogP) is 2.12. The van der Waals surface area contributed by atoms with E-state index in [1.54, 1.807) is 0 Å². The van der Waals surface area contributed by atoms with Crippen molar-refractivity contribution >= 4 is 17.5 Å². The van der Waals surface area contributed by atoms with Crippen LogP contribution < -0.4 is 5.32 Å². The predicted molar refractivity (Wildman–Crippen MR) is 80.8 cm³/mol. The number of halogens is 1. The second-order valence-electron chi connectivity index (χ2n) is 6.43. The molecule has 2 fully saturated rings. The molecule has 5 heteroatoms. The summed E-state index contributed by atoms with van der Waals surface area (Å²) >= 11 is 5.82. The third-order valence-corrected chi connectivity index (χ3v) is 5.62. The minimum atomic E-state index is -0.882. The van der Waals surface area contributed by atoms with E-state index in [2.05, 4.69) is 24.0 Å². The van der Waals surface area contributed by atoms with Gasteiger partial charge in [-0.05, 0) is 32.6 Å². The van der Waals surface area contributed by atoms with Crippen LogP contribution in [0.25, 0.3) is 0 Å². The minimum Gasteiger partial charge on any atom is -0.486 e. The Morgan fingerprint density at radius 3 is 3.00 bits per heavy atom. The molecule has 0 aromatic heterocycles. The first-order chi connectivity index (χ1) is 9.97. The summed E-state index contributed by atoms with van der Waals surface area (Å²) in [5.41, 5.74) is -1.64. The van der Waals surface area contributed by atoms with Gasteiger partial charge in [0.15, 0.2) is 11.1 Å². The average molecular weight is 312 g/mol. The number of fused-ring (bicyclic) bond motifs is 1. The maximum absolute atomic E-state index is 12.3. The molecule has 2 N–H and O–H groups in total. The number of ether oxygens (including phenoxy) is 1. The number of aliphatic hydroxyl groups excluding tert-OH is 1. The fourth-order valence-corrected chi connectivity index (χ4v) is 4.41. The molecule has 0 aromatic rings. The molecule has 1 aliphatic carbocycles. The lowest BCUT2D eigenvalue weighted by Crippen LogP contribution is -2.75. The van der Waals surface area contributed by atoms with Crippen LogP contribution in [0, 0.1) is 11.8 Å². The van der Waals surface area contributed by atoms with Crippen molar-refractivity contribution in [1.82, 2.24) is 5.32 Å². The quantitative estimate of drug-likeness (QED) is 0.617. The first-order valence-electron chi connectivity index (χ1n) is 7.58. The third-order valence-electron chi connectivity index (χ3n) is 5.40. The Balaban J connectivity index is 1.94. The number of allylic oxidation sites excluding steroid dienone is 1. The zero-order valence-electron chi connectivity index (χ0n) is 12.3. The van der Waals surface area contributed by atoms with Gasteiger partial charge in [-0.2, -0.15) is 0 Å². The average Bonchev–Trinajstić information content (AvgIpc) is 2.65. The van der Waals surface area contributed by atoms with E-state index in [9.17, 15) is 9.90 Å². The molecule has 2 heterocycles. The van der Waals surface area contributed by atoms with Crippen LogP contribution >= 0.6 is 11.6 Å². The molecule has 3 aliphatic rings. The molecule has 21 heavy (non-hydrogen) atoms. The first-order valence-corrected chi connectivity index (χ1v) is 8.12. The molecule has 4 nitrogen and oxygen atoms in total. The second kappa shape index (κ2) is 5.03. The van der Waals surface area contributed by atoms with Gasteiger partial charge in [-0.1, -0.05) is 18.7 Å². The zero-order chi connectivity index (χ0) is 15.3. The number of aliphatic hydroxyl groups is 1. The smallest absolute Gasteiger partial charge is 0.228 e. The highest BCUT2D eigenvalue weighted by molar-refractivity contribution is 6.18. The lowest BCUT2D eigenvalue weighted by Gasteiger charge is -2.58. The number of carbonyl (C=O) groups is 1. The second-order valence-corrected chi connectivity index (χ2v) is 6.81. The van der Waals surface area contributed by atoms with E-state index < -0.39 is 17.2 Å². The Bertz CT molecular complexity index is 506. The molecule has 0 bridgehead atoms. The van der Waals surface area contributed by atoms with E-state index in [1.165, 1.54) is 0 Å². The normalized spacial score (nSPS) is 42.8. The molecule has 3 rings (SSSR count). The summed E-state index contributed by atoms with van der Waals surface area (Å²) < 4.78 is 5.78. The Morgan fingerprint density at radius 1 is 1.67 bits per heavy atom. The molecule has 0 spiro atoms. The van der Waals surface area contributed by atoms with Gasteiger partial charge in [0.25, 0.3) is 0 Å². The number of hydrogen-bond acceptors (Lipinski definition) is 3. The number of nitrogens with one attached hydrogen (secondary N) is 1. The van der Waals surface area contributed by atoms with Crippen molar-refractivity contribution in [2.75, 3.05) is 5.88 Å². The summed E-state index contributed by atoms with van der Waals surface area (Å²) in [6.45, 7) is 5.79. The fraction of sp³-hybridized carbons (Fsp3) is 0.688. The summed E-state index contributed by atoms with van der Waals surface area (Å²) in [7, 11) is 0. The Hall–Kier alpha value is -1.00. The molecule has 2 aliphatic heterocycles. The molecular formula is C16H22ClNO3. The third kappa shape index (κ3) is 1.82. The van der Waals surface area contributed by atoms with E-state index in [-0.39, 0.29) is 17.7 Å². The van der Waals surface area contributed by atoms with E-state index >= 15 is 0 Å². The van der Waals surface area contributed by atoms with Gasteiger partial charge in [-0.25, -0.2) is 0 Å². The van der Waals surface area contributed by atoms with E-state index in [4.69, 9.17) is 16.3 Å². The van der Waals surface area contributed by atoms with Crippen molar-refractivity contribution in [1.29, 1.82) is 0 Å². The van der Waals surface area contributed by atoms with Gasteiger partial charge in [0.1, 0.15) is 5.76 Å². The van der Waals surface area contributed by atoms with Crippen LogP contribution in [0.4, 0.5) is 0 Å². The summed E-state index contributed by atoms with van der Waals surface area (Å²) in [4.78, 5) is 12.3. The van der Waals surface area contributed by atoms with Crippen molar-refractivity contribution in [3.05, 3.63) is 24.5 Å². The topological polar surface area (TPSA) is 58.6 Å². The van der Waals surface area contributed by atoms with Gasteiger partial charge >= 0.3 is 0 Å². The van der Waals surface area contributed by atoms with Crippen LogP contribution in [0.15, 0.2) is 24.5 Å². The standard InChI is InChI=1S/C16H22ClNO3/c1-10-16(13(19)11-6-4-3-5-7-11)15(2,21-10)12(8-9-17)14(20)18-16/h4,6,11-13,19H,1,3,5,7-9H2,2H3,(H,18,20). The molecule has 5 atom stereocenters. The van der Waals surface area contributed by atoms with Gasteiger partial charge in [-0.3, -0.25) is 4.79 Å². The van der Waals surface area contributed by atoms with Crippen molar-refractivity contribution in [3.8, 4) is 0 Å². The van der Waals surface area contributed by atoms with E-state index in [0.29, 0.717) is 18.1 Å². The molecule has 1 amide bonds. The van der Waals surface area contributed by atoms with Crippen molar-refractivity contribution < 1.29 is 14.6 Å². The van der Waals surface area contributed by atoms with Gasteiger partial charge in [0.2, 0.25) is 5.91 Å². The number of carbonyl (C=O) groups excluding carboxylic acids is 1. The van der Waals surface area contributed by atoms with Gasteiger partial charge < -0.3 is 15.2 Å². The molecule has 5 unspecified atom stereocenters. The number of alkyl halides is 1. The number of hydrogen-bond donors (Lipinski definition) is 2. The van der Waals surface area contributed by atoms with Crippen LogP contribution in [-0.2, 0) is 9.53 Å². The van der Waals surface area contributed by atoms with Crippen molar-refractivity contribution in [2.24, 2.45) is 11.8 Å². The molecule has 0 saturated carbocycles. The monoisotopic (exact) mass is 311 g/mol. The van der Waals surface area contributed by atoms with E-state index in [0.717, 1.165) is 19.3 Å². The van der Waals surface area contributed by atoms with Crippen LogP contribution in [0.1, 0.15) is 32.6 Å². The van der Waals surface area contributed by atoms with Gasteiger partial charge in [-0.15, -0.1) is 11.6 Å². The molecular weight excluding hydrogens is 290 g/mol. The summed E-state index contributed by atoms with van der Waals surface area (Å²) in [5, 5.41) is 13.9. The minimum absolute atomic E-state index is 0.0220. The van der Waals surface area contributed by atoms with Crippen LogP contribution in [0.2, 0.25) is 0 Å². The molecule has 0 radical (unpaired) electrons. The van der Waals surface area contributed by atoms with Gasteiger partial charge in [0.05, 0.1) is 12.0 Å². The highest BCUT2D eigenvalue weighted by Crippen LogP contribution is 2.57. The lowest BCUT2D eigenvalue weighted by molar-refractivity contribution is -0.201. The Morgan fingerprint density at radius 2 is 2.43 bits per heavy atom. The van der Waals surface area contributed by atoms with Crippen LogP contribution in [0.3, 0.4) is 0 Å². The Kier molecular flexibility index (Phi) is 3.57. The van der Waals surface area contributed by atoms with Crippen LogP contribution in [0.5, 0.6) is 0 Å². The summed E-state index contributed by atoms with van der Waals surface area (Å²) in [6.07, 6.45) is 6.98. The summed E-state index contributed by atoms with van der Waals surface area (Å²) in [5.74, 6) is 0.424. The highest BCUT2D eigenvalue weighted by Gasteiger charge is 2.75. The SMILES string of the molecule is C=C1OC2(C)C(CCCl)C(=O)NC12C(O)C1C=CCCC1. The van der Waals surface area contributed by atoms with Crippen molar-refractivity contribution in [2.45, 2.75) is 49.9 Å². The summed E-state index contributed by atoms with van der Waals surface area (Å²) in [6, 6.07) is 0. The zero-order valence-corrected chi connectivity index (χ0v) is 13.0.